The van der Waals surface area contributed by atoms with Crippen LogP contribution in [0.3, 0.4) is 0 Å². The summed E-state index contributed by atoms with van der Waals surface area (Å²) >= 11 is 1.68. The van der Waals surface area contributed by atoms with Gasteiger partial charge in [-0.1, -0.05) is 6.92 Å². The molecule has 0 bridgehead atoms. The van der Waals surface area contributed by atoms with Gasteiger partial charge in [0, 0.05) is 32.2 Å². The van der Waals surface area contributed by atoms with Crippen LogP contribution < -0.4 is 10.6 Å². The van der Waals surface area contributed by atoms with E-state index in [4.69, 9.17) is 15.2 Å². The van der Waals surface area contributed by atoms with Crippen LogP contribution in [0, 0.1) is 0 Å². The summed E-state index contributed by atoms with van der Waals surface area (Å²) in [7, 11) is 3.42. The lowest BCUT2D eigenvalue weighted by Crippen LogP contribution is -2.27. The molecule has 2 aromatic heterocycles. The van der Waals surface area contributed by atoms with Crippen LogP contribution in [0.1, 0.15) is 11.8 Å². The zero-order chi connectivity index (χ0) is 15.0. The van der Waals surface area contributed by atoms with E-state index < -0.39 is 0 Å². The molecule has 2 aromatic rings. The molecule has 1 saturated heterocycles. The minimum atomic E-state index is 0.0468. The molecule has 0 aromatic carbocycles. The van der Waals surface area contributed by atoms with Gasteiger partial charge in [-0.2, -0.15) is 4.98 Å². The van der Waals surface area contributed by atoms with Crippen molar-refractivity contribution >= 4 is 33.3 Å². The van der Waals surface area contributed by atoms with Crippen LogP contribution >= 0.6 is 11.3 Å². The predicted octanol–water partition coefficient (Wildman–Crippen LogP) is 1.69. The first-order chi connectivity index (χ1) is 10.2. The number of thiophene rings is 1. The van der Waals surface area contributed by atoms with Crippen LogP contribution in [0.2, 0.25) is 0 Å². The second kappa shape index (κ2) is 5.75. The van der Waals surface area contributed by atoms with Crippen LogP contribution in [-0.4, -0.2) is 49.5 Å². The van der Waals surface area contributed by atoms with E-state index in [2.05, 4.69) is 27.9 Å². The van der Waals surface area contributed by atoms with E-state index in [9.17, 15) is 0 Å². The maximum Gasteiger partial charge on any atom is 0.223 e. The van der Waals surface area contributed by atoms with Crippen molar-refractivity contribution in [2.45, 2.75) is 25.6 Å². The summed E-state index contributed by atoms with van der Waals surface area (Å²) < 4.78 is 11.0. The number of rotatable bonds is 4. The molecule has 1 aliphatic rings. The Morgan fingerprint density at radius 1 is 1.29 bits per heavy atom. The van der Waals surface area contributed by atoms with E-state index >= 15 is 0 Å². The first-order valence-corrected chi connectivity index (χ1v) is 7.84. The Morgan fingerprint density at radius 3 is 2.52 bits per heavy atom. The van der Waals surface area contributed by atoms with Crippen molar-refractivity contribution in [3.8, 4) is 0 Å². The Kier molecular flexibility index (Phi) is 3.97. The Morgan fingerprint density at radius 2 is 1.95 bits per heavy atom. The molecule has 0 spiro atoms. The summed E-state index contributed by atoms with van der Waals surface area (Å²) in [6.45, 7) is 3.63. The molecular weight excluding hydrogens is 288 g/mol. The van der Waals surface area contributed by atoms with Crippen LogP contribution in [0.25, 0.3) is 10.2 Å². The van der Waals surface area contributed by atoms with Gasteiger partial charge >= 0.3 is 0 Å². The molecule has 6 nitrogen and oxygen atoms in total. The maximum atomic E-state index is 5.87. The highest BCUT2D eigenvalue weighted by atomic mass is 32.1. The van der Waals surface area contributed by atoms with Crippen molar-refractivity contribution in [2.24, 2.45) is 0 Å². The van der Waals surface area contributed by atoms with E-state index in [1.54, 1.807) is 25.6 Å². The number of ether oxygens (including phenoxy) is 2. The normalized spacial score (nSPS) is 22.3. The lowest BCUT2D eigenvalue weighted by Gasteiger charge is -2.17. The van der Waals surface area contributed by atoms with Crippen molar-refractivity contribution < 1.29 is 9.47 Å². The van der Waals surface area contributed by atoms with Crippen LogP contribution in [0.5, 0.6) is 0 Å². The minimum absolute atomic E-state index is 0.0468. The molecule has 21 heavy (non-hydrogen) atoms. The van der Waals surface area contributed by atoms with E-state index in [0.29, 0.717) is 5.95 Å². The molecular formula is C14H20N4O2S. The minimum Gasteiger partial charge on any atom is -0.377 e. The van der Waals surface area contributed by atoms with E-state index in [1.165, 1.54) is 4.88 Å². The van der Waals surface area contributed by atoms with Gasteiger partial charge in [-0.05, 0) is 12.5 Å². The Labute approximate surface area is 127 Å². The number of aryl methyl sites for hydroxylation is 1. The van der Waals surface area contributed by atoms with Crippen LogP contribution in [0.4, 0.5) is 11.8 Å². The van der Waals surface area contributed by atoms with Crippen molar-refractivity contribution in [2.75, 3.05) is 37.9 Å². The number of aromatic nitrogens is 2. The highest BCUT2D eigenvalue weighted by molar-refractivity contribution is 7.18. The van der Waals surface area contributed by atoms with Gasteiger partial charge in [0.1, 0.15) is 22.9 Å². The average molecular weight is 308 g/mol. The Bertz CT molecular complexity index is 633. The van der Waals surface area contributed by atoms with E-state index in [0.717, 1.165) is 35.5 Å². The summed E-state index contributed by atoms with van der Waals surface area (Å²) in [6, 6.07) is 2.16. The Balaban J connectivity index is 2.02. The van der Waals surface area contributed by atoms with Gasteiger partial charge in [-0.15, -0.1) is 11.3 Å². The number of nitrogens with two attached hydrogens (primary N) is 1. The first kappa shape index (κ1) is 14.5. The largest absolute Gasteiger partial charge is 0.377 e. The number of hydrogen-bond acceptors (Lipinski definition) is 7. The molecule has 2 unspecified atom stereocenters. The fourth-order valence-electron chi connectivity index (χ4n) is 2.76. The molecule has 2 N–H and O–H groups in total. The lowest BCUT2D eigenvalue weighted by molar-refractivity contribution is -0.00461. The summed E-state index contributed by atoms with van der Waals surface area (Å²) in [6.07, 6.45) is 1.08. The second-order valence-electron chi connectivity index (χ2n) is 5.14. The number of methoxy groups -OCH3 is 2. The van der Waals surface area contributed by atoms with Gasteiger partial charge in [0.15, 0.2) is 0 Å². The van der Waals surface area contributed by atoms with Gasteiger partial charge in [0.2, 0.25) is 5.95 Å². The van der Waals surface area contributed by atoms with Crippen LogP contribution in [0.15, 0.2) is 6.07 Å². The zero-order valence-electron chi connectivity index (χ0n) is 12.5. The van der Waals surface area contributed by atoms with E-state index in [-0.39, 0.29) is 12.2 Å². The summed E-state index contributed by atoms with van der Waals surface area (Å²) in [5.41, 5.74) is 5.87. The molecule has 114 valence electrons. The quantitative estimate of drug-likeness (QED) is 0.926. The lowest BCUT2D eigenvalue weighted by atomic mass is 10.3. The van der Waals surface area contributed by atoms with E-state index in [1.807, 2.05) is 0 Å². The number of fused-ring (bicyclic) bond motifs is 1. The summed E-state index contributed by atoms with van der Waals surface area (Å²) in [5.74, 6) is 1.20. The van der Waals surface area contributed by atoms with Gasteiger partial charge in [-0.3, -0.25) is 0 Å². The van der Waals surface area contributed by atoms with Crippen molar-refractivity contribution in [1.82, 2.24) is 9.97 Å². The number of hydrogen-bond donors (Lipinski definition) is 1. The first-order valence-electron chi connectivity index (χ1n) is 7.02. The topological polar surface area (TPSA) is 73.5 Å². The summed E-state index contributed by atoms with van der Waals surface area (Å²) in [4.78, 5) is 13.2. The standard InChI is InChI=1S/C14H20N4O2S/c1-4-8-5-9-12(16-14(15)17-13(9)21-8)18-6-10(19-2)11(7-18)20-3/h5,10-11H,4,6-7H2,1-3H3,(H2,15,16,17). The molecule has 1 aliphatic heterocycles. The maximum absolute atomic E-state index is 5.87. The SMILES string of the molecule is CCc1cc2c(N3CC(OC)C(OC)C3)nc(N)nc2s1. The predicted molar refractivity (Wildman–Crippen MR) is 85.0 cm³/mol. The van der Waals surface area contributed by atoms with Crippen molar-refractivity contribution in [3.05, 3.63) is 10.9 Å². The smallest absolute Gasteiger partial charge is 0.223 e. The number of nitrogen functional groups attached to an aromatic ring is 1. The molecule has 0 amide bonds. The molecule has 0 radical (unpaired) electrons. The summed E-state index contributed by atoms with van der Waals surface area (Å²) in [5, 5.41) is 1.07. The zero-order valence-corrected chi connectivity index (χ0v) is 13.3. The molecule has 3 rings (SSSR count). The molecule has 0 saturated carbocycles. The third-order valence-corrected chi connectivity index (χ3v) is 5.08. The van der Waals surface area contributed by atoms with Gasteiger partial charge < -0.3 is 20.1 Å². The third-order valence-electron chi connectivity index (χ3n) is 3.91. The van der Waals surface area contributed by atoms with Crippen LogP contribution in [-0.2, 0) is 15.9 Å². The van der Waals surface area contributed by atoms with Gasteiger partial charge in [0.25, 0.3) is 0 Å². The molecule has 0 aliphatic carbocycles. The fraction of sp³-hybridized carbons (Fsp3) is 0.571. The van der Waals surface area contributed by atoms with Crippen molar-refractivity contribution in [1.29, 1.82) is 0 Å². The van der Waals surface area contributed by atoms with Crippen molar-refractivity contribution in [3.63, 3.8) is 0 Å². The Hall–Kier alpha value is -1.44. The molecule has 1 fully saturated rings. The highest BCUT2D eigenvalue weighted by Crippen LogP contribution is 2.34. The molecule has 3 heterocycles. The van der Waals surface area contributed by atoms with Gasteiger partial charge in [0.05, 0.1) is 5.39 Å². The average Bonchev–Trinajstić information content (AvgIpc) is 3.08. The fourth-order valence-corrected chi connectivity index (χ4v) is 3.73. The third kappa shape index (κ3) is 2.56. The molecule has 2 atom stereocenters. The molecule has 7 heteroatoms. The van der Waals surface area contributed by atoms with Gasteiger partial charge in [-0.25, -0.2) is 4.98 Å². The highest BCUT2D eigenvalue weighted by Gasteiger charge is 2.34. The number of nitrogens with zero attached hydrogens (tertiary/aromatic N) is 3. The number of anilines is 2. The monoisotopic (exact) mass is 308 g/mol. The second-order valence-corrected chi connectivity index (χ2v) is 6.26.